The summed E-state index contributed by atoms with van der Waals surface area (Å²) in [6.45, 7) is 4.35. The molecule has 0 aliphatic rings. The molecule has 0 amide bonds. The molecule has 2 atom stereocenters. The lowest BCUT2D eigenvalue weighted by Gasteiger charge is -2.24. The second kappa shape index (κ2) is 18.4. The van der Waals surface area contributed by atoms with E-state index in [1.165, 1.54) is 0 Å². The highest BCUT2D eigenvalue weighted by Gasteiger charge is 2.25. The summed E-state index contributed by atoms with van der Waals surface area (Å²) in [5.41, 5.74) is 16.5. The van der Waals surface area contributed by atoms with Crippen molar-refractivity contribution in [3.63, 3.8) is 0 Å². The molecule has 5 nitrogen and oxygen atoms in total. The molecule has 0 spiro atoms. The second-order valence-corrected chi connectivity index (χ2v) is 16.0. The Morgan fingerprint density at radius 1 is 0.684 bits per heavy atom. The number of halogens is 6. The molecule has 0 aromatic heterocycles. The van der Waals surface area contributed by atoms with E-state index >= 15 is 0 Å². The molecular formula is C27H34I6N2O3. The molecule has 0 radical (unpaired) electrons. The molecule has 2 aromatic carbocycles. The zero-order valence-corrected chi connectivity index (χ0v) is 34.5. The quantitative estimate of drug-likeness (QED) is 0.0852. The largest absolute Gasteiger partial charge is 0.508 e. The fourth-order valence-corrected chi connectivity index (χ4v) is 11.7. The SMILES string of the molecule is CCCCCC(Cc1c(I)cc(I)c(N)c1I)OC(=O)OC(CCCCC)Cc1c(I)cc(I)c(N)c1I. The predicted molar refractivity (Wildman–Crippen MR) is 209 cm³/mol. The third kappa shape index (κ3) is 11.1. The van der Waals surface area contributed by atoms with Crippen molar-refractivity contribution in [1.29, 1.82) is 0 Å². The Hall–Kier alpha value is 1.69. The van der Waals surface area contributed by atoms with Crippen molar-refractivity contribution in [3.8, 4) is 0 Å². The first-order valence-corrected chi connectivity index (χ1v) is 19.2. The number of ether oxygens (including phenoxy) is 2. The van der Waals surface area contributed by atoms with E-state index in [1.54, 1.807) is 0 Å². The Morgan fingerprint density at radius 3 is 1.39 bits per heavy atom. The summed E-state index contributed by atoms with van der Waals surface area (Å²) in [5, 5.41) is 0. The van der Waals surface area contributed by atoms with Gasteiger partial charge in [0.25, 0.3) is 0 Å². The van der Waals surface area contributed by atoms with E-state index in [1.807, 2.05) is 0 Å². The Morgan fingerprint density at radius 2 is 1.05 bits per heavy atom. The number of anilines is 2. The van der Waals surface area contributed by atoms with Gasteiger partial charge in [-0.05, 0) is 184 Å². The molecule has 0 aliphatic heterocycles. The number of hydrogen-bond acceptors (Lipinski definition) is 5. The average Bonchev–Trinajstić information content (AvgIpc) is 2.86. The first kappa shape index (κ1) is 35.9. The van der Waals surface area contributed by atoms with E-state index in [2.05, 4.69) is 162 Å². The molecule has 0 saturated heterocycles. The predicted octanol–water partition coefficient (Wildman–Crippen LogP) is 10.3. The maximum atomic E-state index is 13.2. The van der Waals surface area contributed by atoms with E-state index in [0.717, 1.165) is 95.3 Å². The average molecular weight is 1200 g/mol. The molecule has 2 unspecified atom stereocenters. The number of benzene rings is 2. The number of nitrogens with two attached hydrogens (primary N) is 2. The number of carbonyl (C=O) groups is 1. The van der Waals surface area contributed by atoms with Crippen molar-refractivity contribution in [3.05, 3.63) is 44.7 Å². The Balaban J connectivity index is 2.22. The van der Waals surface area contributed by atoms with Crippen molar-refractivity contribution in [2.24, 2.45) is 0 Å². The van der Waals surface area contributed by atoms with Gasteiger partial charge in [-0.3, -0.25) is 0 Å². The lowest BCUT2D eigenvalue weighted by molar-refractivity contribution is -0.00670. The zero-order chi connectivity index (χ0) is 28.4. The molecular weight excluding hydrogens is 1160 g/mol. The molecule has 2 rings (SSSR count). The van der Waals surface area contributed by atoms with Crippen LogP contribution in [0.4, 0.5) is 16.2 Å². The monoisotopic (exact) mass is 1200 g/mol. The molecule has 0 heterocycles. The van der Waals surface area contributed by atoms with Crippen molar-refractivity contribution in [2.75, 3.05) is 11.5 Å². The van der Waals surface area contributed by atoms with Gasteiger partial charge in [-0.2, -0.15) is 0 Å². The molecule has 4 N–H and O–H groups in total. The van der Waals surface area contributed by atoms with Gasteiger partial charge in [0.2, 0.25) is 0 Å². The van der Waals surface area contributed by atoms with Gasteiger partial charge in [-0.1, -0.05) is 39.5 Å². The minimum atomic E-state index is -0.583. The topological polar surface area (TPSA) is 87.6 Å². The molecule has 2 aromatic rings. The number of unbranched alkanes of at least 4 members (excludes halogenated alkanes) is 4. The summed E-state index contributed by atoms with van der Waals surface area (Å²) in [5.74, 6) is 0. The van der Waals surface area contributed by atoms with Gasteiger partial charge >= 0.3 is 6.16 Å². The minimum Gasteiger partial charge on any atom is -0.431 e. The van der Waals surface area contributed by atoms with Gasteiger partial charge in [0.05, 0.1) is 11.4 Å². The molecule has 0 bridgehead atoms. The molecule has 0 fully saturated rings. The van der Waals surface area contributed by atoms with Gasteiger partial charge in [0.1, 0.15) is 12.2 Å². The van der Waals surface area contributed by atoms with Gasteiger partial charge in [0, 0.05) is 34.3 Å². The van der Waals surface area contributed by atoms with Crippen LogP contribution < -0.4 is 11.5 Å². The van der Waals surface area contributed by atoms with Crippen LogP contribution in [-0.4, -0.2) is 18.4 Å². The normalized spacial score (nSPS) is 12.8. The minimum absolute atomic E-state index is 0.263. The van der Waals surface area contributed by atoms with Crippen LogP contribution in [0.2, 0.25) is 0 Å². The van der Waals surface area contributed by atoms with Gasteiger partial charge < -0.3 is 20.9 Å². The Bertz CT molecular complexity index is 1020. The molecule has 38 heavy (non-hydrogen) atoms. The van der Waals surface area contributed by atoms with Gasteiger partial charge in [0.15, 0.2) is 0 Å². The second-order valence-electron chi connectivity index (χ2n) is 9.22. The summed E-state index contributed by atoms with van der Waals surface area (Å²) in [4.78, 5) is 13.2. The van der Waals surface area contributed by atoms with Gasteiger partial charge in [-0.25, -0.2) is 4.79 Å². The first-order valence-electron chi connectivity index (χ1n) is 12.7. The van der Waals surface area contributed by atoms with Crippen LogP contribution >= 0.6 is 136 Å². The summed E-state index contributed by atoms with van der Waals surface area (Å²) >= 11 is 13.9. The maximum absolute atomic E-state index is 13.2. The summed E-state index contributed by atoms with van der Waals surface area (Å²) < 4.78 is 18.5. The number of rotatable bonds is 14. The van der Waals surface area contributed by atoms with E-state index in [9.17, 15) is 4.79 Å². The van der Waals surface area contributed by atoms with E-state index in [4.69, 9.17) is 20.9 Å². The summed E-state index contributed by atoms with van der Waals surface area (Å²) in [7, 11) is 0. The van der Waals surface area contributed by atoms with Crippen LogP contribution in [0.25, 0.3) is 0 Å². The van der Waals surface area contributed by atoms with Gasteiger partial charge in [-0.15, -0.1) is 0 Å². The van der Waals surface area contributed by atoms with Crippen LogP contribution in [0.1, 0.15) is 76.3 Å². The molecule has 212 valence electrons. The maximum Gasteiger partial charge on any atom is 0.508 e. The highest BCUT2D eigenvalue weighted by Crippen LogP contribution is 2.33. The smallest absolute Gasteiger partial charge is 0.431 e. The Kier molecular flexibility index (Phi) is 17.4. The fraction of sp³-hybridized carbons (Fsp3) is 0.519. The van der Waals surface area contributed by atoms with Crippen LogP contribution in [0.3, 0.4) is 0 Å². The standard InChI is InChI=1S/C27H34I6N2O3/c1-3-5-7-9-15(11-17-19(28)13-21(30)25(34)23(17)32)37-27(36)38-16(10-8-6-4-2)12-18-20(29)14-22(31)26(35)24(18)33/h13-16H,3-12,34-35H2,1-2H3. The molecule has 11 heteroatoms. The van der Waals surface area contributed by atoms with E-state index in [-0.39, 0.29) is 12.2 Å². The van der Waals surface area contributed by atoms with Crippen molar-refractivity contribution < 1.29 is 14.3 Å². The van der Waals surface area contributed by atoms with Crippen LogP contribution in [0.15, 0.2) is 12.1 Å². The third-order valence-electron chi connectivity index (χ3n) is 6.25. The summed E-state index contributed by atoms with van der Waals surface area (Å²) in [6.07, 6.45) is 8.15. The lowest BCUT2D eigenvalue weighted by Crippen LogP contribution is -2.27. The number of carbonyl (C=O) groups excluding carboxylic acids is 1. The number of nitrogen functional groups attached to an aromatic ring is 2. The van der Waals surface area contributed by atoms with Crippen LogP contribution in [0.5, 0.6) is 0 Å². The summed E-state index contributed by atoms with van der Waals surface area (Å²) in [6, 6.07) is 4.18. The van der Waals surface area contributed by atoms with Crippen molar-refractivity contribution in [1.82, 2.24) is 0 Å². The molecule has 0 saturated carbocycles. The highest BCUT2D eigenvalue weighted by atomic mass is 127. The van der Waals surface area contributed by atoms with Crippen molar-refractivity contribution >= 4 is 153 Å². The third-order valence-corrected chi connectivity index (χ3v) is 12.4. The highest BCUT2D eigenvalue weighted by molar-refractivity contribution is 14.1. The van der Waals surface area contributed by atoms with Crippen LogP contribution in [0, 0.1) is 21.4 Å². The van der Waals surface area contributed by atoms with Crippen molar-refractivity contribution in [2.45, 2.75) is 90.3 Å². The van der Waals surface area contributed by atoms with E-state index in [0.29, 0.717) is 12.8 Å². The Labute approximate surface area is 309 Å². The fourth-order valence-electron chi connectivity index (χ4n) is 4.08. The lowest BCUT2D eigenvalue weighted by atomic mass is 10.0. The zero-order valence-electron chi connectivity index (χ0n) is 21.5. The number of hydrogen-bond donors (Lipinski definition) is 2. The van der Waals surface area contributed by atoms with E-state index < -0.39 is 6.16 Å². The molecule has 0 aliphatic carbocycles. The van der Waals surface area contributed by atoms with Crippen LogP contribution in [-0.2, 0) is 22.3 Å². The first-order chi connectivity index (χ1) is 18.0.